The molecule has 0 saturated carbocycles. The lowest BCUT2D eigenvalue weighted by molar-refractivity contribution is -0.116. The highest BCUT2D eigenvalue weighted by Crippen LogP contribution is 2.47. The van der Waals surface area contributed by atoms with E-state index in [1.54, 1.807) is 18.4 Å². The van der Waals surface area contributed by atoms with Crippen LogP contribution in [0.1, 0.15) is 33.9 Å². The molecule has 0 fully saturated rings. The van der Waals surface area contributed by atoms with Gasteiger partial charge in [-0.1, -0.05) is 35.9 Å². The summed E-state index contributed by atoms with van der Waals surface area (Å²) in [6.07, 6.45) is 0.500. The summed E-state index contributed by atoms with van der Waals surface area (Å²) in [6.45, 7) is 4.23. The first-order chi connectivity index (χ1) is 12.6. The lowest BCUT2D eigenvalue weighted by Crippen LogP contribution is -2.23. The van der Waals surface area contributed by atoms with Gasteiger partial charge in [0.25, 0.3) is 0 Å². The Morgan fingerprint density at radius 2 is 1.88 bits per heavy atom. The Morgan fingerprint density at radius 3 is 2.62 bits per heavy atom. The number of carbonyl (C=O) groups is 1. The van der Waals surface area contributed by atoms with Crippen molar-refractivity contribution in [3.05, 3.63) is 69.4 Å². The van der Waals surface area contributed by atoms with E-state index in [9.17, 15) is 4.79 Å². The molecule has 1 aromatic heterocycles. The number of ether oxygens (including phenoxy) is 1. The number of anilines is 1. The van der Waals surface area contributed by atoms with E-state index in [0.717, 1.165) is 22.6 Å². The van der Waals surface area contributed by atoms with Crippen molar-refractivity contribution in [3.8, 4) is 16.9 Å². The van der Waals surface area contributed by atoms with E-state index in [1.165, 1.54) is 21.6 Å². The molecule has 0 spiro atoms. The van der Waals surface area contributed by atoms with Crippen molar-refractivity contribution in [2.75, 3.05) is 12.4 Å². The van der Waals surface area contributed by atoms with E-state index in [1.807, 2.05) is 24.3 Å². The zero-order valence-corrected chi connectivity index (χ0v) is 15.9. The number of nitrogens with one attached hydrogen (secondary N) is 1. The lowest BCUT2D eigenvalue weighted by Gasteiger charge is -2.25. The number of aryl methyl sites for hydroxylation is 2. The van der Waals surface area contributed by atoms with Crippen LogP contribution in [0.5, 0.6) is 5.75 Å². The first kappa shape index (κ1) is 16.9. The molecule has 0 unspecified atom stereocenters. The predicted octanol–water partition coefficient (Wildman–Crippen LogP) is 5.51. The van der Waals surface area contributed by atoms with Crippen molar-refractivity contribution in [1.82, 2.24) is 0 Å². The van der Waals surface area contributed by atoms with Gasteiger partial charge >= 0.3 is 0 Å². The van der Waals surface area contributed by atoms with E-state index < -0.39 is 0 Å². The number of amides is 1. The summed E-state index contributed by atoms with van der Waals surface area (Å²) in [6, 6.07) is 14.5. The first-order valence-electron chi connectivity index (χ1n) is 8.69. The maximum atomic E-state index is 12.5. The minimum atomic E-state index is 0.0802. The fourth-order valence-corrected chi connectivity index (χ4v) is 4.75. The maximum absolute atomic E-state index is 12.5. The SMILES string of the molecule is COc1ccc(-c2csc3c2NC(=O)C[C@H]3c2cc(C)ccc2C)cc1. The van der Waals surface area contributed by atoms with Crippen LogP contribution in [0.15, 0.2) is 47.8 Å². The molecule has 4 heteroatoms. The van der Waals surface area contributed by atoms with Crippen LogP contribution < -0.4 is 10.1 Å². The van der Waals surface area contributed by atoms with Gasteiger partial charge in [0.15, 0.2) is 0 Å². The molecule has 1 aliphatic heterocycles. The highest BCUT2D eigenvalue weighted by atomic mass is 32.1. The van der Waals surface area contributed by atoms with E-state index in [-0.39, 0.29) is 11.8 Å². The largest absolute Gasteiger partial charge is 0.497 e. The third kappa shape index (κ3) is 2.90. The van der Waals surface area contributed by atoms with Crippen molar-refractivity contribution in [1.29, 1.82) is 0 Å². The van der Waals surface area contributed by atoms with Crippen molar-refractivity contribution < 1.29 is 9.53 Å². The molecule has 3 aromatic rings. The fourth-order valence-electron chi connectivity index (χ4n) is 3.60. The first-order valence-corrected chi connectivity index (χ1v) is 9.57. The molecule has 1 atom stereocenters. The second kappa shape index (κ2) is 6.61. The monoisotopic (exact) mass is 363 g/mol. The molecule has 4 rings (SSSR count). The van der Waals surface area contributed by atoms with Gasteiger partial charge in [0, 0.05) is 28.2 Å². The van der Waals surface area contributed by atoms with E-state index in [2.05, 4.69) is 42.7 Å². The number of methoxy groups -OCH3 is 1. The minimum absolute atomic E-state index is 0.0802. The molecule has 1 amide bonds. The van der Waals surface area contributed by atoms with Crippen LogP contribution >= 0.6 is 11.3 Å². The third-order valence-electron chi connectivity index (χ3n) is 5.00. The van der Waals surface area contributed by atoms with Crippen LogP contribution in [-0.4, -0.2) is 13.0 Å². The van der Waals surface area contributed by atoms with Crippen LogP contribution in [0.3, 0.4) is 0 Å². The Hall–Kier alpha value is -2.59. The van der Waals surface area contributed by atoms with Gasteiger partial charge in [0.1, 0.15) is 5.75 Å². The minimum Gasteiger partial charge on any atom is -0.497 e. The van der Waals surface area contributed by atoms with Gasteiger partial charge in [-0.2, -0.15) is 0 Å². The van der Waals surface area contributed by atoms with Gasteiger partial charge < -0.3 is 10.1 Å². The van der Waals surface area contributed by atoms with Gasteiger partial charge in [-0.25, -0.2) is 0 Å². The second-order valence-electron chi connectivity index (χ2n) is 6.78. The topological polar surface area (TPSA) is 38.3 Å². The van der Waals surface area contributed by atoms with E-state index in [0.29, 0.717) is 6.42 Å². The molecular formula is C22H21NO2S. The van der Waals surface area contributed by atoms with E-state index in [4.69, 9.17) is 4.74 Å². The summed E-state index contributed by atoms with van der Waals surface area (Å²) in [5.41, 5.74) is 6.85. The normalized spacial score (nSPS) is 16.1. The smallest absolute Gasteiger partial charge is 0.225 e. The number of thiophene rings is 1. The molecular weight excluding hydrogens is 342 g/mol. The van der Waals surface area contributed by atoms with Crippen LogP contribution in [-0.2, 0) is 4.79 Å². The summed E-state index contributed by atoms with van der Waals surface area (Å²) < 4.78 is 5.25. The number of fused-ring (bicyclic) bond motifs is 1. The molecule has 0 radical (unpaired) electrons. The van der Waals surface area contributed by atoms with Gasteiger partial charge in [-0.3, -0.25) is 4.79 Å². The standard InChI is InChI=1S/C22H21NO2S/c1-13-4-5-14(2)17(10-13)18-11-20(24)23-21-19(12-26-22(18)21)15-6-8-16(25-3)9-7-15/h4-10,12,18H,11H2,1-3H3,(H,23,24)/t18-/m0/s1. The molecule has 0 aliphatic carbocycles. The Labute approximate surface area is 157 Å². The summed E-state index contributed by atoms with van der Waals surface area (Å²) >= 11 is 1.73. The maximum Gasteiger partial charge on any atom is 0.225 e. The summed E-state index contributed by atoms with van der Waals surface area (Å²) in [5.74, 6) is 1.03. The average Bonchev–Trinajstić information content (AvgIpc) is 3.07. The molecule has 0 bridgehead atoms. The van der Waals surface area contributed by atoms with Crippen molar-refractivity contribution in [2.45, 2.75) is 26.2 Å². The number of carbonyl (C=O) groups excluding carboxylic acids is 1. The number of rotatable bonds is 3. The van der Waals surface area contributed by atoms with Gasteiger partial charge in [-0.15, -0.1) is 11.3 Å². The van der Waals surface area contributed by atoms with Gasteiger partial charge in [0.2, 0.25) is 5.91 Å². The quantitative estimate of drug-likeness (QED) is 0.666. The number of hydrogen-bond acceptors (Lipinski definition) is 3. The number of hydrogen-bond donors (Lipinski definition) is 1. The van der Waals surface area contributed by atoms with Gasteiger partial charge in [0.05, 0.1) is 12.8 Å². The summed E-state index contributed by atoms with van der Waals surface area (Å²) in [7, 11) is 1.66. The molecule has 26 heavy (non-hydrogen) atoms. The second-order valence-corrected chi connectivity index (χ2v) is 7.69. The molecule has 2 aromatic carbocycles. The zero-order chi connectivity index (χ0) is 18.3. The van der Waals surface area contributed by atoms with Crippen LogP contribution in [0.2, 0.25) is 0 Å². The van der Waals surface area contributed by atoms with E-state index >= 15 is 0 Å². The number of benzene rings is 2. The Balaban J connectivity index is 1.81. The average molecular weight is 363 g/mol. The van der Waals surface area contributed by atoms with Crippen molar-refractivity contribution in [2.24, 2.45) is 0 Å². The van der Waals surface area contributed by atoms with Gasteiger partial charge in [-0.05, 0) is 42.7 Å². The van der Waals surface area contributed by atoms with Crippen LogP contribution in [0.4, 0.5) is 5.69 Å². The molecule has 1 aliphatic rings. The van der Waals surface area contributed by atoms with Crippen molar-refractivity contribution in [3.63, 3.8) is 0 Å². The highest BCUT2D eigenvalue weighted by molar-refractivity contribution is 7.11. The predicted molar refractivity (Wildman–Crippen MR) is 107 cm³/mol. The van der Waals surface area contributed by atoms with Crippen LogP contribution in [0, 0.1) is 13.8 Å². The van der Waals surface area contributed by atoms with Crippen molar-refractivity contribution >= 4 is 22.9 Å². The highest BCUT2D eigenvalue weighted by Gasteiger charge is 2.31. The molecule has 132 valence electrons. The fraction of sp³-hybridized carbons (Fsp3) is 0.227. The summed E-state index contributed by atoms with van der Waals surface area (Å²) in [4.78, 5) is 13.7. The lowest BCUT2D eigenvalue weighted by atomic mass is 9.86. The molecule has 1 N–H and O–H groups in total. The zero-order valence-electron chi connectivity index (χ0n) is 15.1. The Morgan fingerprint density at radius 1 is 1.12 bits per heavy atom. The molecule has 0 saturated heterocycles. The Kier molecular flexibility index (Phi) is 4.29. The molecule has 2 heterocycles. The summed E-state index contributed by atoms with van der Waals surface area (Å²) in [5, 5.41) is 5.26. The molecule has 3 nitrogen and oxygen atoms in total. The Bertz CT molecular complexity index is 972. The van der Waals surface area contributed by atoms with Crippen LogP contribution in [0.25, 0.3) is 11.1 Å². The third-order valence-corrected chi connectivity index (χ3v) is 6.10.